The van der Waals surface area contributed by atoms with E-state index in [0.29, 0.717) is 0 Å². The molecule has 0 spiro atoms. The Morgan fingerprint density at radius 2 is 1.28 bits per heavy atom. The molecule has 1 aromatic carbocycles. The van der Waals surface area contributed by atoms with Gasteiger partial charge in [-0.1, -0.05) is 10.3 Å². The van der Waals surface area contributed by atoms with Crippen LogP contribution in [0.25, 0.3) is 0 Å². The summed E-state index contributed by atoms with van der Waals surface area (Å²) in [6, 6.07) is 4.79. The lowest BCUT2D eigenvalue weighted by molar-refractivity contribution is -0.382. The van der Waals surface area contributed by atoms with Crippen molar-refractivity contribution in [2.75, 3.05) is 19.1 Å². The molecule has 0 heterocycles. The Balaban J connectivity index is 3.32. The SMILES string of the molecule is CCOc1ccc(S(C)(C)OS(=O)(=O)C(F)(F)C(F)(F)C(F)(F)C(F)(F)F)cc1. The van der Waals surface area contributed by atoms with Gasteiger partial charge in [0.15, 0.2) is 0 Å². The normalized spacial score (nSPS) is 15.3. The molecule has 0 bridgehead atoms. The molecule has 0 aliphatic carbocycles. The second-order valence-electron chi connectivity index (χ2n) is 5.82. The highest BCUT2D eigenvalue weighted by Crippen LogP contribution is 2.59. The fourth-order valence-electron chi connectivity index (χ4n) is 1.85. The van der Waals surface area contributed by atoms with E-state index in [1.807, 2.05) is 0 Å². The molecule has 170 valence electrons. The van der Waals surface area contributed by atoms with Gasteiger partial charge in [0, 0.05) is 4.90 Å². The molecule has 29 heavy (non-hydrogen) atoms. The fourth-order valence-corrected chi connectivity index (χ4v) is 5.54. The lowest BCUT2D eigenvalue weighted by Crippen LogP contribution is -2.63. The van der Waals surface area contributed by atoms with Crippen LogP contribution in [0, 0.1) is 0 Å². The standard InChI is InChI=1S/C14H15F9O4S2/c1-4-26-9-5-7-10(8-6-9)28(2,3)27-29(24,25)14(22,23)12(17,18)11(15,16)13(19,20)21/h5-8H,4H2,1-3H3. The average Bonchev–Trinajstić information content (AvgIpc) is 2.53. The average molecular weight is 482 g/mol. The Bertz CT molecular complexity index is 818. The molecule has 0 radical (unpaired) electrons. The summed E-state index contributed by atoms with van der Waals surface area (Å²) in [6.07, 6.45) is -5.38. The minimum absolute atomic E-state index is 0.119. The van der Waals surface area contributed by atoms with E-state index in [4.69, 9.17) is 4.74 Å². The first-order valence-corrected chi connectivity index (χ1v) is 11.1. The van der Waals surface area contributed by atoms with Gasteiger partial charge >= 0.3 is 33.4 Å². The molecule has 0 saturated carbocycles. The van der Waals surface area contributed by atoms with Crippen LogP contribution in [0.4, 0.5) is 39.5 Å². The third-order valence-electron chi connectivity index (χ3n) is 3.39. The van der Waals surface area contributed by atoms with Crippen LogP contribution in [0.15, 0.2) is 29.2 Å². The number of hydrogen-bond donors (Lipinski definition) is 0. The molecule has 0 unspecified atom stereocenters. The smallest absolute Gasteiger partial charge is 0.460 e. The fraction of sp³-hybridized carbons (Fsp3) is 0.571. The van der Waals surface area contributed by atoms with Crippen molar-refractivity contribution in [1.29, 1.82) is 0 Å². The predicted octanol–water partition coefficient (Wildman–Crippen LogP) is 5.20. The van der Waals surface area contributed by atoms with E-state index < -0.39 is 43.7 Å². The molecular formula is C14H15F9O4S2. The monoisotopic (exact) mass is 482 g/mol. The van der Waals surface area contributed by atoms with Gasteiger partial charge in [-0.3, -0.25) is 0 Å². The molecule has 0 amide bonds. The van der Waals surface area contributed by atoms with E-state index in [9.17, 15) is 47.9 Å². The number of benzene rings is 1. The molecule has 1 aromatic rings. The first-order valence-electron chi connectivity index (χ1n) is 7.36. The van der Waals surface area contributed by atoms with Crippen LogP contribution in [-0.2, 0) is 13.7 Å². The van der Waals surface area contributed by atoms with Crippen LogP contribution >= 0.6 is 10.3 Å². The third kappa shape index (κ3) is 4.55. The van der Waals surface area contributed by atoms with Gasteiger partial charge in [-0.2, -0.15) is 47.9 Å². The predicted molar refractivity (Wildman–Crippen MR) is 86.2 cm³/mol. The van der Waals surface area contributed by atoms with Gasteiger partial charge in [0.05, 0.1) is 6.61 Å². The molecule has 0 aromatic heterocycles. The molecule has 15 heteroatoms. The van der Waals surface area contributed by atoms with Crippen molar-refractivity contribution in [3.05, 3.63) is 24.3 Å². The molecule has 0 fully saturated rings. The Labute approximate surface area is 161 Å². The summed E-state index contributed by atoms with van der Waals surface area (Å²) in [5, 5.41) is -6.89. The van der Waals surface area contributed by atoms with Crippen LogP contribution < -0.4 is 4.74 Å². The summed E-state index contributed by atoms with van der Waals surface area (Å²) in [7, 11) is -10.3. The highest BCUT2D eigenvalue weighted by molar-refractivity contribution is 8.32. The number of halogens is 9. The van der Waals surface area contributed by atoms with Gasteiger partial charge in [-0.05, 0) is 43.7 Å². The summed E-state index contributed by atoms with van der Waals surface area (Å²) >= 11 is 0. The van der Waals surface area contributed by atoms with Crippen LogP contribution in [0.5, 0.6) is 5.75 Å². The van der Waals surface area contributed by atoms with Crippen molar-refractivity contribution >= 4 is 20.4 Å². The van der Waals surface area contributed by atoms with Crippen molar-refractivity contribution in [3.63, 3.8) is 0 Å². The zero-order chi connectivity index (χ0) is 23.1. The summed E-state index contributed by atoms with van der Waals surface area (Å²) < 4.78 is 149. The number of rotatable bonds is 8. The maximum absolute atomic E-state index is 13.8. The maximum Gasteiger partial charge on any atom is 0.460 e. The summed E-state index contributed by atoms with van der Waals surface area (Å²) in [5.74, 6) is -14.4. The van der Waals surface area contributed by atoms with Gasteiger partial charge < -0.3 is 4.74 Å². The van der Waals surface area contributed by atoms with Crippen molar-refractivity contribution in [3.8, 4) is 5.75 Å². The van der Waals surface area contributed by atoms with Gasteiger partial charge in [-0.15, -0.1) is 0 Å². The zero-order valence-corrected chi connectivity index (χ0v) is 16.5. The molecule has 0 N–H and O–H groups in total. The molecule has 4 nitrogen and oxygen atoms in total. The van der Waals surface area contributed by atoms with Gasteiger partial charge in [0.2, 0.25) is 0 Å². The second-order valence-corrected chi connectivity index (χ2v) is 10.7. The van der Waals surface area contributed by atoms with Crippen molar-refractivity contribution in [2.24, 2.45) is 0 Å². The quantitative estimate of drug-likeness (QED) is 0.479. The minimum atomic E-state index is -7.35. The first-order chi connectivity index (χ1) is 12.7. The van der Waals surface area contributed by atoms with Crippen molar-refractivity contribution in [2.45, 2.75) is 35.1 Å². The Hall–Kier alpha value is -1.35. The van der Waals surface area contributed by atoms with E-state index in [2.05, 4.69) is 3.63 Å². The van der Waals surface area contributed by atoms with E-state index in [1.165, 1.54) is 12.1 Å². The van der Waals surface area contributed by atoms with E-state index in [1.54, 1.807) is 6.92 Å². The van der Waals surface area contributed by atoms with E-state index in [0.717, 1.165) is 24.6 Å². The topological polar surface area (TPSA) is 52.6 Å². The maximum atomic E-state index is 13.8. The van der Waals surface area contributed by atoms with Crippen molar-refractivity contribution in [1.82, 2.24) is 0 Å². The summed E-state index contributed by atoms with van der Waals surface area (Å²) in [6.45, 7) is 1.88. The third-order valence-corrected chi connectivity index (χ3v) is 7.76. The molecular weight excluding hydrogens is 467 g/mol. The van der Waals surface area contributed by atoms with Crippen LogP contribution in [0.2, 0.25) is 0 Å². The van der Waals surface area contributed by atoms with Crippen LogP contribution in [0.1, 0.15) is 6.92 Å². The minimum Gasteiger partial charge on any atom is -0.494 e. The molecule has 0 saturated heterocycles. The van der Waals surface area contributed by atoms with Crippen LogP contribution in [-0.4, -0.2) is 50.8 Å². The number of alkyl halides is 9. The summed E-state index contributed by atoms with van der Waals surface area (Å²) in [5.41, 5.74) is 0. The zero-order valence-electron chi connectivity index (χ0n) is 14.9. The number of hydrogen-bond acceptors (Lipinski definition) is 4. The highest BCUT2D eigenvalue weighted by atomic mass is 32.3. The lowest BCUT2D eigenvalue weighted by atomic mass is 10.1. The van der Waals surface area contributed by atoms with Crippen LogP contribution in [0.3, 0.4) is 0 Å². The van der Waals surface area contributed by atoms with E-state index >= 15 is 0 Å². The molecule has 0 atom stereocenters. The first kappa shape index (κ1) is 25.7. The van der Waals surface area contributed by atoms with Gasteiger partial charge in [-0.25, -0.2) is 3.63 Å². The van der Waals surface area contributed by atoms with E-state index in [-0.39, 0.29) is 17.3 Å². The lowest BCUT2D eigenvalue weighted by Gasteiger charge is -2.36. The number of ether oxygens (including phenoxy) is 1. The summed E-state index contributed by atoms with van der Waals surface area (Å²) in [4.78, 5) is -0.119. The molecule has 1 rings (SSSR count). The van der Waals surface area contributed by atoms with Gasteiger partial charge in [0.1, 0.15) is 5.75 Å². The van der Waals surface area contributed by atoms with Gasteiger partial charge in [0.25, 0.3) is 0 Å². The Kier molecular flexibility index (Phi) is 6.84. The Morgan fingerprint density at radius 3 is 1.66 bits per heavy atom. The molecule has 0 aliphatic heterocycles. The largest absolute Gasteiger partial charge is 0.494 e. The Morgan fingerprint density at radius 1 is 0.828 bits per heavy atom. The van der Waals surface area contributed by atoms with Crippen molar-refractivity contribution < 1.29 is 56.3 Å². The second kappa shape index (κ2) is 7.72. The molecule has 0 aliphatic rings. The highest BCUT2D eigenvalue weighted by Gasteiger charge is 2.86.